The first kappa shape index (κ1) is 9.09. The molecule has 0 aliphatic carbocycles. The molecule has 4 N–H and O–H groups in total. The van der Waals surface area contributed by atoms with Crippen molar-refractivity contribution in [2.24, 2.45) is 5.73 Å². The van der Waals surface area contributed by atoms with E-state index in [0.29, 0.717) is 6.54 Å². The smallest absolute Gasteiger partial charge is 0.0628 e. The third kappa shape index (κ3) is 1.46. The van der Waals surface area contributed by atoms with Crippen molar-refractivity contribution in [3.05, 3.63) is 30.0 Å². The minimum Gasteiger partial charge on any atom is -0.382 e. The SMILES string of the molecule is Cc1[nH]c2ccccc2c1NCCN. The van der Waals surface area contributed by atoms with Gasteiger partial charge in [-0.2, -0.15) is 0 Å². The van der Waals surface area contributed by atoms with E-state index in [1.807, 2.05) is 12.1 Å². The van der Waals surface area contributed by atoms with Crippen molar-refractivity contribution in [1.82, 2.24) is 4.98 Å². The number of anilines is 1. The van der Waals surface area contributed by atoms with E-state index in [2.05, 4.69) is 29.4 Å². The normalized spacial score (nSPS) is 10.7. The van der Waals surface area contributed by atoms with Gasteiger partial charge >= 0.3 is 0 Å². The summed E-state index contributed by atoms with van der Waals surface area (Å²) in [6.45, 7) is 3.53. The lowest BCUT2D eigenvalue weighted by molar-refractivity contribution is 1.02. The standard InChI is InChI=1S/C11H15N3/c1-8-11(13-7-6-12)9-4-2-3-5-10(9)14-8/h2-5,13-14H,6-7,12H2,1H3. The molecule has 74 valence electrons. The van der Waals surface area contributed by atoms with Gasteiger partial charge in [-0.05, 0) is 13.0 Å². The Morgan fingerprint density at radius 3 is 2.93 bits per heavy atom. The number of aromatic amines is 1. The molecule has 0 saturated heterocycles. The van der Waals surface area contributed by atoms with Crippen molar-refractivity contribution < 1.29 is 0 Å². The van der Waals surface area contributed by atoms with Gasteiger partial charge in [-0.1, -0.05) is 18.2 Å². The molecule has 1 aromatic heterocycles. The second-order valence-corrected chi connectivity index (χ2v) is 3.39. The number of fused-ring (bicyclic) bond motifs is 1. The lowest BCUT2D eigenvalue weighted by Crippen LogP contribution is -2.13. The Bertz CT molecular complexity index is 431. The number of benzene rings is 1. The molecule has 0 atom stereocenters. The molecule has 0 spiro atoms. The van der Waals surface area contributed by atoms with Crippen molar-refractivity contribution in [3.63, 3.8) is 0 Å². The highest BCUT2D eigenvalue weighted by atomic mass is 14.9. The molecule has 0 aliphatic heterocycles. The van der Waals surface area contributed by atoms with Crippen LogP contribution in [0.2, 0.25) is 0 Å². The van der Waals surface area contributed by atoms with Crippen LogP contribution in [0.3, 0.4) is 0 Å². The molecule has 0 bridgehead atoms. The molecular formula is C11H15N3. The van der Waals surface area contributed by atoms with Crippen molar-refractivity contribution in [3.8, 4) is 0 Å². The average Bonchev–Trinajstić information content (AvgIpc) is 2.51. The van der Waals surface area contributed by atoms with E-state index in [-0.39, 0.29) is 0 Å². The van der Waals surface area contributed by atoms with Gasteiger partial charge in [-0.15, -0.1) is 0 Å². The van der Waals surface area contributed by atoms with E-state index in [1.165, 1.54) is 22.3 Å². The quantitative estimate of drug-likeness (QED) is 0.690. The number of H-pyrrole nitrogens is 1. The summed E-state index contributed by atoms with van der Waals surface area (Å²) in [7, 11) is 0. The van der Waals surface area contributed by atoms with Gasteiger partial charge in [0.1, 0.15) is 0 Å². The van der Waals surface area contributed by atoms with Gasteiger partial charge < -0.3 is 16.0 Å². The van der Waals surface area contributed by atoms with E-state index in [1.54, 1.807) is 0 Å². The maximum absolute atomic E-state index is 5.47. The summed E-state index contributed by atoms with van der Waals surface area (Å²) < 4.78 is 0. The van der Waals surface area contributed by atoms with Gasteiger partial charge in [-0.3, -0.25) is 0 Å². The third-order valence-corrected chi connectivity index (χ3v) is 2.34. The lowest BCUT2D eigenvalue weighted by atomic mass is 10.2. The number of rotatable bonds is 3. The largest absolute Gasteiger partial charge is 0.382 e. The summed E-state index contributed by atoms with van der Waals surface area (Å²) in [5, 5.41) is 4.56. The van der Waals surface area contributed by atoms with Crippen LogP contribution in [0.1, 0.15) is 5.69 Å². The van der Waals surface area contributed by atoms with Crippen LogP contribution in [0.4, 0.5) is 5.69 Å². The number of nitrogens with one attached hydrogen (secondary N) is 2. The van der Waals surface area contributed by atoms with Gasteiger partial charge in [0.05, 0.1) is 5.69 Å². The summed E-state index contributed by atoms with van der Waals surface area (Å²) in [6.07, 6.45) is 0. The maximum Gasteiger partial charge on any atom is 0.0628 e. The Hall–Kier alpha value is -1.48. The number of aryl methyl sites for hydroxylation is 1. The van der Waals surface area contributed by atoms with Gasteiger partial charge in [0.15, 0.2) is 0 Å². The van der Waals surface area contributed by atoms with E-state index in [9.17, 15) is 0 Å². The predicted molar refractivity (Wildman–Crippen MR) is 60.6 cm³/mol. The summed E-state index contributed by atoms with van der Waals surface area (Å²) in [5.74, 6) is 0. The Balaban J connectivity index is 2.45. The summed E-state index contributed by atoms with van der Waals surface area (Å²) in [6, 6.07) is 8.27. The molecule has 3 nitrogen and oxygen atoms in total. The van der Waals surface area contributed by atoms with Crippen LogP contribution in [-0.4, -0.2) is 18.1 Å². The fourth-order valence-corrected chi connectivity index (χ4v) is 1.70. The van der Waals surface area contributed by atoms with Crippen LogP contribution < -0.4 is 11.1 Å². The Morgan fingerprint density at radius 2 is 2.14 bits per heavy atom. The number of hydrogen-bond donors (Lipinski definition) is 3. The highest BCUT2D eigenvalue weighted by molar-refractivity contribution is 5.94. The Morgan fingerprint density at radius 1 is 1.36 bits per heavy atom. The minimum absolute atomic E-state index is 0.652. The van der Waals surface area contributed by atoms with Gasteiger partial charge in [0.25, 0.3) is 0 Å². The molecule has 0 amide bonds. The fourth-order valence-electron chi connectivity index (χ4n) is 1.70. The van der Waals surface area contributed by atoms with Crippen molar-refractivity contribution in [2.75, 3.05) is 18.4 Å². The molecule has 0 saturated carbocycles. The molecule has 14 heavy (non-hydrogen) atoms. The zero-order valence-corrected chi connectivity index (χ0v) is 8.30. The second-order valence-electron chi connectivity index (χ2n) is 3.39. The van der Waals surface area contributed by atoms with Crippen molar-refractivity contribution >= 4 is 16.6 Å². The number of nitrogens with two attached hydrogens (primary N) is 1. The monoisotopic (exact) mass is 189 g/mol. The van der Waals surface area contributed by atoms with Crippen molar-refractivity contribution in [1.29, 1.82) is 0 Å². The molecule has 1 aromatic carbocycles. The third-order valence-electron chi connectivity index (χ3n) is 2.34. The highest BCUT2D eigenvalue weighted by Gasteiger charge is 2.05. The number of para-hydroxylation sites is 1. The molecule has 0 radical (unpaired) electrons. The molecule has 0 aliphatic rings. The average molecular weight is 189 g/mol. The maximum atomic E-state index is 5.47. The van der Waals surface area contributed by atoms with E-state index >= 15 is 0 Å². The number of aromatic nitrogens is 1. The summed E-state index contributed by atoms with van der Waals surface area (Å²) in [4.78, 5) is 3.33. The van der Waals surface area contributed by atoms with Crippen LogP contribution >= 0.6 is 0 Å². The first-order valence-corrected chi connectivity index (χ1v) is 4.84. The van der Waals surface area contributed by atoms with Crippen LogP contribution in [-0.2, 0) is 0 Å². The summed E-state index contributed by atoms with van der Waals surface area (Å²) >= 11 is 0. The van der Waals surface area contributed by atoms with Gasteiger partial charge in [0, 0.05) is 29.7 Å². The van der Waals surface area contributed by atoms with Gasteiger partial charge in [-0.25, -0.2) is 0 Å². The van der Waals surface area contributed by atoms with Crippen LogP contribution in [0, 0.1) is 6.92 Å². The molecule has 3 heteroatoms. The van der Waals surface area contributed by atoms with Crippen LogP contribution in [0.15, 0.2) is 24.3 Å². The van der Waals surface area contributed by atoms with Crippen LogP contribution in [0.25, 0.3) is 10.9 Å². The fraction of sp³-hybridized carbons (Fsp3) is 0.273. The van der Waals surface area contributed by atoms with E-state index < -0.39 is 0 Å². The molecule has 2 rings (SSSR count). The number of hydrogen-bond acceptors (Lipinski definition) is 2. The first-order chi connectivity index (χ1) is 6.83. The lowest BCUT2D eigenvalue weighted by Gasteiger charge is -2.03. The second kappa shape index (κ2) is 3.72. The summed E-state index contributed by atoms with van der Waals surface area (Å²) in [5.41, 5.74) is 8.98. The van der Waals surface area contributed by atoms with Crippen molar-refractivity contribution in [2.45, 2.75) is 6.92 Å². The molecule has 1 heterocycles. The zero-order chi connectivity index (χ0) is 9.97. The zero-order valence-electron chi connectivity index (χ0n) is 8.30. The van der Waals surface area contributed by atoms with E-state index in [4.69, 9.17) is 5.73 Å². The molecule has 2 aromatic rings. The molecule has 0 unspecified atom stereocenters. The molecule has 0 fully saturated rings. The van der Waals surface area contributed by atoms with Gasteiger partial charge in [0.2, 0.25) is 0 Å². The minimum atomic E-state index is 0.652. The first-order valence-electron chi connectivity index (χ1n) is 4.84. The predicted octanol–water partition coefficient (Wildman–Crippen LogP) is 1.85. The topological polar surface area (TPSA) is 53.8 Å². The molecular weight excluding hydrogens is 174 g/mol. The van der Waals surface area contributed by atoms with Crippen LogP contribution in [0.5, 0.6) is 0 Å². The van der Waals surface area contributed by atoms with E-state index in [0.717, 1.165) is 6.54 Å². The highest BCUT2D eigenvalue weighted by Crippen LogP contribution is 2.26. The Labute approximate surface area is 83.3 Å². The Kier molecular flexibility index (Phi) is 2.41.